The van der Waals surface area contributed by atoms with E-state index in [9.17, 15) is 4.79 Å². The van der Waals surface area contributed by atoms with Gasteiger partial charge >= 0.3 is 0 Å². The van der Waals surface area contributed by atoms with E-state index in [1.54, 1.807) is 7.11 Å². The van der Waals surface area contributed by atoms with Crippen LogP contribution < -0.4 is 4.74 Å². The molecule has 1 amide bonds. The van der Waals surface area contributed by atoms with E-state index in [1.165, 1.54) is 5.56 Å². The van der Waals surface area contributed by atoms with Crippen molar-refractivity contribution in [3.63, 3.8) is 0 Å². The van der Waals surface area contributed by atoms with Crippen LogP contribution in [-0.2, 0) is 13.0 Å². The van der Waals surface area contributed by atoms with Gasteiger partial charge in [0.15, 0.2) is 0 Å². The lowest BCUT2D eigenvalue weighted by molar-refractivity contribution is 0.0398. The fourth-order valence-electron chi connectivity index (χ4n) is 4.16. The molecule has 0 saturated carbocycles. The van der Waals surface area contributed by atoms with Crippen LogP contribution >= 0.6 is 0 Å². The molecule has 2 aliphatic rings. The largest absolute Gasteiger partial charge is 0.496 e. The Morgan fingerprint density at radius 3 is 2.68 bits per heavy atom. The molecule has 1 fully saturated rings. The van der Waals surface area contributed by atoms with E-state index in [0.717, 1.165) is 55.0 Å². The molecule has 0 bridgehead atoms. The smallest absolute Gasteiger partial charge is 0.254 e. The SMILES string of the molecule is COc1ccc(C)c2c1C[C@@H]1CN(Cc3ccccc3)CCN1C2=O. The minimum atomic E-state index is 0.169. The number of aryl methyl sites for hydroxylation is 1. The van der Waals surface area contributed by atoms with Crippen molar-refractivity contribution in [3.05, 3.63) is 64.7 Å². The van der Waals surface area contributed by atoms with Gasteiger partial charge in [-0.25, -0.2) is 0 Å². The van der Waals surface area contributed by atoms with Crippen molar-refractivity contribution in [2.45, 2.75) is 25.9 Å². The summed E-state index contributed by atoms with van der Waals surface area (Å²) < 4.78 is 5.53. The maximum Gasteiger partial charge on any atom is 0.254 e. The average Bonchev–Trinajstić information content (AvgIpc) is 2.63. The number of methoxy groups -OCH3 is 1. The molecule has 4 nitrogen and oxygen atoms in total. The van der Waals surface area contributed by atoms with Gasteiger partial charge in [0.05, 0.1) is 7.11 Å². The summed E-state index contributed by atoms with van der Waals surface area (Å²) in [5, 5.41) is 0. The number of carbonyl (C=O) groups is 1. The van der Waals surface area contributed by atoms with E-state index in [-0.39, 0.29) is 11.9 Å². The maximum atomic E-state index is 13.1. The van der Waals surface area contributed by atoms with Gasteiger partial charge < -0.3 is 9.64 Å². The van der Waals surface area contributed by atoms with Crippen molar-refractivity contribution in [3.8, 4) is 5.75 Å². The van der Waals surface area contributed by atoms with Gasteiger partial charge in [0.1, 0.15) is 5.75 Å². The standard InChI is InChI=1S/C21H24N2O2/c1-15-8-9-19(25-2)18-12-17-14-22(13-16-6-4-3-5-7-16)10-11-23(17)21(24)20(15)18/h3-9,17H,10-14H2,1-2H3/t17-/m1/s1. The summed E-state index contributed by atoms with van der Waals surface area (Å²) in [6.45, 7) is 5.60. The zero-order valence-corrected chi connectivity index (χ0v) is 14.9. The van der Waals surface area contributed by atoms with E-state index >= 15 is 0 Å². The second-order valence-electron chi connectivity index (χ2n) is 7.02. The van der Waals surface area contributed by atoms with Crippen LogP contribution in [-0.4, -0.2) is 48.5 Å². The highest BCUT2D eigenvalue weighted by Gasteiger charge is 2.38. The van der Waals surface area contributed by atoms with E-state index in [1.807, 2.05) is 25.1 Å². The summed E-state index contributed by atoms with van der Waals surface area (Å²) in [6.07, 6.45) is 0.872. The molecule has 0 aliphatic carbocycles. The summed E-state index contributed by atoms with van der Waals surface area (Å²) in [5.74, 6) is 1.01. The summed E-state index contributed by atoms with van der Waals surface area (Å²) in [7, 11) is 1.68. The molecule has 2 aliphatic heterocycles. The first-order valence-corrected chi connectivity index (χ1v) is 8.91. The third-order valence-corrected chi connectivity index (χ3v) is 5.43. The lowest BCUT2D eigenvalue weighted by atomic mass is 9.88. The second kappa shape index (κ2) is 6.52. The van der Waals surface area contributed by atoms with Crippen LogP contribution in [0.1, 0.15) is 27.0 Å². The summed E-state index contributed by atoms with van der Waals surface area (Å²) in [5.41, 5.74) is 4.31. The van der Waals surface area contributed by atoms with E-state index in [4.69, 9.17) is 4.74 Å². The Balaban J connectivity index is 1.58. The number of fused-ring (bicyclic) bond motifs is 2. The van der Waals surface area contributed by atoms with Gasteiger partial charge in [-0.1, -0.05) is 36.4 Å². The molecule has 0 spiro atoms. The Morgan fingerprint density at radius 2 is 1.92 bits per heavy atom. The Kier molecular flexibility index (Phi) is 4.22. The van der Waals surface area contributed by atoms with E-state index in [0.29, 0.717) is 0 Å². The van der Waals surface area contributed by atoms with Gasteiger partial charge in [-0.05, 0) is 30.5 Å². The number of nitrogens with zero attached hydrogens (tertiary/aromatic N) is 2. The maximum absolute atomic E-state index is 13.1. The highest BCUT2D eigenvalue weighted by molar-refractivity contribution is 5.99. The van der Waals surface area contributed by atoms with Gasteiger partial charge in [-0.15, -0.1) is 0 Å². The quantitative estimate of drug-likeness (QED) is 0.864. The molecule has 1 atom stereocenters. The normalized spacial score (nSPS) is 20.2. The fourth-order valence-corrected chi connectivity index (χ4v) is 4.16. The molecule has 0 N–H and O–H groups in total. The van der Waals surface area contributed by atoms with Crippen molar-refractivity contribution in [2.24, 2.45) is 0 Å². The van der Waals surface area contributed by atoms with Gasteiger partial charge in [0, 0.05) is 43.3 Å². The lowest BCUT2D eigenvalue weighted by Gasteiger charge is -2.45. The average molecular weight is 336 g/mol. The van der Waals surface area contributed by atoms with Gasteiger partial charge in [0.2, 0.25) is 0 Å². The Morgan fingerprint density at radius 1 is 1.12 bits per heavy atom. The lowest BCUT2D eigenvalue weighted by Crippen LogP contribution is -2.57. The number of hydrogen-bond acceptors (Lipinski definition) is 3. The second-order valence-corrected chi connectivity index (χ2v) is 7.02. The molecule has 4 heteroatoms. The van der Waals surface area contributed by atoms with Crippen LogP contribution in [0, 0.1) is 6.92 Å². The zero-order valence-electron chi connectivity index (χ0n) is 14.9. The Labute approximate surface area is 149 Å². The topological polar surface area (TPSA) is 32.8 Å². The summed E-state index contributed by atoms with van der Waals surface area (Å²) in [6, 6.07) is 14.8. The summed E-state index contributed by atoms with van der Waals surface area (Å²) in [4.78, 5) is 17.6. The van der Waals surface area contributed by atoms with E-state index in [2.05, 4.69) is 34.1 Å². The fraction of sp³-hybridized carbons (Fsp3) is 0.381. The number of rotatable bonds is 3. The third kappa shape index (κ3) is 2.91. The van der Waals surface area contributed by atoms with Crippen LogP contribution in [0.4, 0.5) is 0 Å². The van der Waals surface area contributed by atoms with Crippen molar-refractivity contribution in [2.75, 3.05) is 26.7 Å². The minimum Gasteiger partial charge on any atom is -0.496 e. The Bertz CT molecular complexity index is 788. The van der Waals surface area contributed by atoms with Crippen LogP contribution in [0.25, 0.3) is 0 Å². The van der Waals surface area contributed by atoms with Crippen LogP contribution in [0.15, 0.2) is 42.5 Å². The molecule has 0 radical (unpaired) electrons. The number of hydrogen-bond donors (Lipinski definition) is 0. The van der Waals surface area contributed by atoms with Gasteiger partial charge in [0.25, 0.3) is 5.91 Å². The molecule has 0 aromatic heterocycles. The molecule has 4 rings (SSSR count). The number of benzene rings is 2. The minimum absolute atomic E-state index is 0.169. The Hall–Kier alpha value is -2.33. The highest BCUT2D eigenvalue weighted by atomic mass is 16.5. The third-order valence-electron chi connectivity index (χ3n) is 5.43. The predicted octanol–water partition coefficient (Wildman–Crippen LogP) is 2.89. The molecule has 130 valence electrons. The molecule has 0 unspecified atom stereocenters. The van der Waals surface area contributed by atoms with Crippen LogP contribution in [0.2, 0.25) is 0 Å². The van der Waals surface area contributed by atoms with Crippen molar-refractivity contribution in [1.29, 1.82) is 0 Å². The van der Waals surface area contributed by atoms with Crippen LogP contribution in [0.5, 0.6) is 5.75 Å². The summed E-state index contributed by atoms with van der Waals surface area (Å²) >= 11 is 0. The first-order valence-electron chi connectivity index (χ1n) is 8.91. The molecule has 2 aromatic rings. The molecular weight excluding hydrogens is 312 g/mol. The number of piperazine rings is 1. The monoisotopic (exact) mass is 336 g/mol. The zero-order chi connectivity index (χ0) is 17.4. The van der Waals surface area contributed by atoms with Gasteiger partial charge in [-0.3, -0.25) is 9.69 Å². The number of carbonyl (C=O) groups excluding carboxylic acids is 1. The number of amides is 1. The molecule has 2 heterocycles. The first kappa shape index (κ1) is 16.2. The molecule has 25 heavy (non-hydrogen) atoms. The van der Waals surface area contributed by atoms with Crippen molar-refractivity contribution >= 4 is 5.91 Å². The first-order chi connectivity index (χ1) is 12.2. The number of ether oxygens (including phenoxy) is 1. The van der Waals surface area contributed by atoms with Crippen LogP contribution in [0.3, 0.4) is 0 Å². The van der Waals surface area contributed by atoms with Gasteiger partial charge in [-0.2, -0.15) is 0 Å². The molecule has 1 saturated heterocycles. The highest BCUT2D eigenvalue weighted by Crippen LogP contribution is 2.34. The molecule has 2 aromatic carbocycles. The van der Waals surface area contributed by atoms with Crippen molar-refractivity contribution in [1.82, 2.24) is 9.80 Å². The predicted molar refractivity (Wildman–Crippen MR) is 98.0 cm³/mol. The van der Waals surface area contributed by atoms with E-state index < -0.39 is 0 Å². The van der Waals surface area contributed by atoms with Crippen molar-refractivity contribution < 1.29 is 9.53 Å². The molecular formula is C21H24N2O2.